The van der Waals surface area contributed by atoms with Crippen molar-refractivity contribution >= 4 is 44.5 Å². The third-order valence-corrected chi connectivity index (χ3v) is 7.44. The second kappa shape index (κ2) is 8.48. The topological polar surface area (TPSA) is 84.6 Å². The van der Waals surface area contributed by atoms with Crippen molar-refractivity contribution in [1.82, 2.24) is 24.5 Å². The normalized spacial score (nSPS) is 16.8. The SMILES string of the molecule is COC[C@@H](C)N(C)C(=O)[C@H]1CCc2c(sc3ncnc(Nc4ccn5nccc5c4)c23)C1. The highest BCUT2D eigenvalue weighted by atomic mass is 32.1. The maximum atomic E-state index is 13.1. The van der Waals surface area contributed by atoms with Crippen molar-refractivity contribution < 1.29 is 9.53 Å². The Morgan fingerprint density at radius 2 is 2.28 bits per heavy atom. The van der Waals surface area contributed by atoms with Gasteiger partial charge in [-0.1, -0.05) is 0 Å². The van der Waals surface area contributed by atoms with Gasteiger partial charge < -0.3 is 15.0 Å². The first-order valence-electron chi connectivity index (χ1n) is 10.8. The summed E-state index contributed by atoms with van der Waals surface area (Å²) in [4.78, 5) is 26.2. The number of aromatic nitrogens is 4. The summed E-state index contributed by atoms with van der Waals surface area (Å²) in [6.07, 6.45) is 7.74. The molecule has 4 aromatic heterocycles. The van der Waals surface area contributed by atoms with E-state index in [2.05, 4.69) is 20.4 Å². The Kier molecular flexibility index (Phi) is 5.52. The molecule has 4 heterocycles. The molecule has 9 heteroatoms. The van der Waals surface area contributed by atoms with Gasteiger partial charge in [-0.05, 0) is 49.9 Å². The van der Waals surface area contributed by atoms with E-state index in [9.17, 15) is 4.79 Å². The number of carbonyl (C=O) groups excluding carboxylic acids is 1. The van der Waals surface area contributed by atoms with Crippen molar-refractivity contribution in [2.24, 2.45) is 5.92 Å². The van der Waals surface area contributed by atoms with Crippen LogP contribution in [0, 0.1) is 5.92 Å². The highest BCUT2D eigenvalue weighted by molar-refractivity contribution is 7.19. The number of hydrogen-bond acceptors (Lipinski definition) is 7. The van der Waals surface area contributed by atoms with E-state index in [0.717, 1.165) is 46.5 Å². The molecule has 0 radical (unpaired) electrons. The molecule has 5 rings (SSSR count). The quantitative estimate of drug-likeness (QED) is 0.482. The maximum Gasteiger partial charge on any atom is 0.226 e. The Morgan fingerprint density at radius 3 is 3.12 bits per heavy atom. The molecule has 0 aliphatic heterocycles. The van der Waals surface area contributed by atoms with Gasteiger partial charge >= 0.3 is 0 Å². The zero-order chi connectivity index (χ0) is 22.2. The Labute approximate surface area is 190 Å². The van der Waals surface area contributed by atoms with Crippen LogP contribution in [0.3, 0.4) is 0 Å². The average Bonchev–Trinajstić information content (AvgIpc) is 3.42. The molecule has 1 aliphatic carbocycles. The molecule has 32 heavy (non-hydrogen) atoms. The minimum absolute atomic E-state index is 0.00601. The number of anilines is 2. The molecule has 1 N–H and O–H groups in total. The number of rotatable bonds is 6. The molecule has 0 spiro atoms. The van der Waals surface area contributed by atoms with Gasteiger partial charge in [-0.3, -0.25) is 4.79 Å². The van der Waals surface area contributed by atoms with E-state index in [0.29, 0.717) is 6.61 Å². The number of likely N-dealkylation sites (N-methyl/N-ethyl adjacent to an activating group) is 1. The average molecular weight is 451 g/mol. The fourth-order valence-electron chi connectivity index (χ4n) is 4.41. The molecule has 4 aromatic rings. The number of aryl methyl sites for hydroxylation is 1. The lowest BCUT2D eigenvalue weighted by atomic mass is 9.86. The predicted octanol–water partition coefficient (Wildman–Crippen LogP) is 3.68. The lowest BCUT2D eigenvalue weighted by molar-refractivity contribution is -0.137. The van der Waals surface area contributed by atoms with Crippen LogP contribution in [0.15, 0.2) is 36.9 Å². The summed E-state index contributed by atoms with van der Waals surface area (Å²) in [5.41, 5.74) is 3.24. The number of pyridine rings is 1. The molecule has 2 atom stereocenters. The van der Waals surface area contributed by atoms with Crippen LogP contribution >= 0.6 is 11.3 Å². The first kappa shape index (κ1) is 20.8. The largest absolute Gasteiger partial charge is 0.383 e. The second-order valence-electron chi connectivity index (χ2n) is 8.34. The van der Waals surface area contributed by atoms with E-state index < -0.39 is 0 Å². The summed E-state index contributed by atoms with van der Waals surface area (Å²) >= 11 is 1.68. The van der Waals surface area contributed by atoms with E-state index in [1.807, 2.05) is 47.8 Å². The Morgan fingerprint density at radius 1 is 1.41 bits per heavy atom. The van der Waals surface area contributed by atoms with E-state index in [4.69, 9.17) is 4.74 Å². The molecule has 0 aromatic carbocycles. The lowest BCUT2D eigenvalue weighted by Gasteiger charge is -2.30. The molecule has 0 fully saturated rings. The number of fused-ring (bicyclic) bond motifs is 4. The minimum atomic E-state index is -0.00601. The first-order valence-corrected chi connectivity index (χ1v) is 11.6. The van der Waals surface area contributed by atoms with E-state index in [1.54, 1.807) is 31.0 Å². The molecule has 1 amide bonds. The van der Waals surface area contributed by atoms with Crippen LogP contribution in [-0.2, 0) is 22.4 Å². The number of nitrogens with zero attached hydrogens (tertiary/aromatic N) is 5. The van der Waals surface area contributed by atoms with Crippen LogP contribution in [0.2, 0.25) is 0 Å². The molecule has 8 nitrogen and oxygen atoms in total. The standard InChI is InChI=1S/C23H26N6O2S/c1-14(12-31-3)28(2)23(30)15-4-5-18-19(10-15)32-22-20(18)21(24-13-25-22)27-16-7-9-29-17(11-16)6-8-26-29/h6-9,11,13-15H,4-5,10,12H2,1-3H3,(H,24,25,27)/t14-,15+/m1/s1. The Bertz CT molecular complexity index is 1280. The number of hydrogen-bond donors (Lipinski definition) is 1. The zero-order valence-electron chi connectivity index (χ0n) is 18.4. The van der Waals surface area contributed by atoms with E-state index in [1.165, 1.54) is 10.4 Å². The third-order valence-electron chi connectivity index (χ3n) is 6.27. The van der Waals surface area contributed by atoms with Gasteiger partial charge in [0.25, 0.3) is 0 Å². The summed E-state index contributed by atoms with van der Waals surface area (Å²) < 4.78 is 7.05. The van der Waals surface area contributed by atoms with Gasteiger partial charge in [0.1, 0.15) is 17.0 Å². The van der Waals surface area contributed by atoms with Gasteiger partial charge in [-0.25, -0.2) is 14.5 Å². The highest BCUT2D eigenvalue weighted by Crippen LogP contribution is 2.40. The Balaban J connectivity index is 1.42. The molecule has 1 aliphatic rings. The van der Waals surface area contributed by atoms with Crippen molar-refractivity contribution in [2.45, 2.75) is 32.2 Å². The van der Waals surface area contributed by atoms with Crippen LogP contribution < -0.4 is 5.32 Å². The van der Waals surface area contributed by atoms with E-state index >= 15 is 0 Å². The maximum absolute atomic E-state index is 13.1. The van der Waals surface area contributed by atoms with Crippen LogP contribution in [0.1, 0.15) is 23.8 Å². The zero-order valence-corrected chi connectivity index (χ0v) is 19.2. The van der Waals surface area contributed by atoms with Gasteiger partial charge in [-0.15, -0.1) is 11.3 Å². The van der Waals surface area contributed by atoms with Gasteiger partial charge in [-0.2, -0.15) is 5.10 Å². The molecule has 0 saturated heterocycles. The monoisotopic (exact) mass is 450 g/mol. The molecule has 0 bridgehead atoms. The van der Waals surface area contributed by atoms with Gasteiger partial charge in [0, 0.05) is 43.0 Å². The predicted molar refractivity (Wildman–Crippen MR) is 126 cm³/mol. The third kappa shape index (κ3) is 3.71. The summed E-state index contributed by atoms with van der Waals surface area (Å²) in [5, 5.41) is 8.80. The van der Waals surface area contributed by atoms with Crippen molar-refractivity contribution in [3.63, 3.8) is 0 Å². The van der Waals surface area contributed by atoms with Crippen LogP contribution in [0.25, 0.3) is 15.7 Å². The summed E-state index contributed by atoms with van der Waals surface area (Å²) in [6.45, 7) is 2.56. The van der Waals surface area contributed by atoms with Crippen molar-refractivity contribution in [2.75, 3.05) is 26.1 Å². The number of nitrogens with one attached hydrogen (secondary N) is 1. The summed E-state index contributed by atoms with van der Waals surface area (Å²) in [6, 6.07) is 6.06. The van der Waals surface area contributed by atoms with Crippen molar-refractivity contribution in [3.8, 4) is 0 Å². The molecular weight excluding hydrogens is 424 g/mol. The fraction of sp³-hybridized carbons (Fsp3) is 0.391. The number of thiophene rings is 1. The summed E-state index contributed by atoms with van der Waals surface area (Å²) in [5.74, 6) is 0.997. The van der Waals surface area contributed by atoms with Crippen LogP contribution in [0.4, 0.5) is 11.5 Å². The van der Waals surface area contributed by atoms with Gasteiger partial charge in [0.05, 0.1) is 23.6 Å². The van der Waals surface area contributed by atoms with Crippen molar-refractivity contribution in [3.05, 3.63) is 47.4 Å². The van der Waals surface area contributed by atoms with Gasteiger partial charge in [0.2, 0.25) is 5.91 Å². The van der Waals surface area contributed by atoms with Crippen LogP contribution in [0.5, 0.6) is 0 Å². The smallest absolute Gasteiger partial charge is 0.226 e. The van der Waals surface area contributed by atoms with Crippen molar-refractivity contribution in [1.29, 1.82) is 0 Å². The number of methoxy groups -OCH3 is 1. The molecule has 0 saturated carbocycles. The fourth-order valence-corrected chi connectivity index (χ4v) is 5.68. The molecule has 166 valence electrons. The molecular formula is C23H26N6O2S. The minimum Gasteiger partial charge on any atom is -0.383 e. The number of carbonyl (C=O) groups is 1. The first-order chi connectivity index (χ1) is 15.5. The number of amides is 1. The van der Waals surface area contributed by atoms with E-state index in [-0.39, 0.29) is 17.9 Å². The second-order valence-corrected chi connectivity index (χ2v) is 9.42. The summed E-state index contributed by atoms with van der Waals surface area (Å²) in [7, 11) is 3.54. The highest BCUT2D eigenvalue weighted by Gasteiger charge is 2.31. The van der Waals surface area contributed by atoms with Crippen LogP contribution in [-0.4, -0.2) is 57.2 Å². The lowest BCUT2D eigenvalue weighted by Crippen LogP contribution is -2.42. The Hall–Kier alpha value is -3.04. The van der Waals surface area contributed by atoms with Gasteiger partial charge in [0.15, 0.2) is 0 Å². The molecule has 0 unspecified atom stereocenters. The number of ether oxygens (including phenoxy) is 1.